The smallest absolute Gasteiger partial charge is 0.109 e. The van der Waals surface area contributed by atoms with Gasteiger partial charge in [0, 0.05) is 14.2 Å². The van der Waals surface area contributed by atoms with Crippen LogP contribution < -0.4 is 5.30 Å². The minimum atomic E-state index is -2.28. The first-order valence-electron chi connectivity index (χ1n) is 8.32. The second-order valence-corrected chi connectivity index (χ2v) is 11.6. The molecule has 0 saturated heterocycles. The quantitative estimate of drug-likeness (QED) is 0.212. The Hall–Kier alpha value is -1.41. The van der Waals surface area contributed by atoms with Crippen LogP contribution in [0.2, 0.25) is 0 Å². The number of benzene rings is 4. The van der Waals surface area contributed by atoms with Gasteiger partial charge in [-0.15, -0.1) is 0 Å². The lowest BCUT2D eigenvalue weighted by molar-refractivity contribution is 0.588. The monoisotopic (exact) mass is 486 g/mol. The molecule has 1 nitrogen and oxygen atoms in total. The Kier molecular flexibility index (Phi) is 4.59. The van der Waals surface area contributed by atoms with Gasteiger partial charge in [-0.1, -0.05) is 54.6 Å². The molecule has 4 aromatic rings. The third kappa shape index (κ3) is 3.07. The maximum atomic E-state index is 12.4. The van der Waals surface area contributed by atoms with Gasteiger partial charge in [0.05, 0.1) is 0 Å². The average Bonchev–Trinajstić information content (AvgIpc) is 2.65. The number of hydrogen-bond donors (Lipinski definition) is 0. The lowest BCUT2D eigenvalue weighted by Crippen LogP contribution is -2.02. The summed E-state index contributed by atoms with van der Waals surface area (Å²) in [5.41, 5.74) is 2.21. The summed E-state index contributed by atoms with van der Waals surface area (Å²) in [7, 11) is -2.28. The zero-order chi connectivity index (χ0) is 18.5. The summed E-state index contributed by atoms with van der Waals surface area (Å²) in [6, 6.07) is 22.9. The summed E-state index contributed by atoms with van der Waals surface area (Å²) in [5.74, 6) is 0. The molecular formula is C22H17Br2OP. The van der Waals surface area contributed by atoms with Crippen molar-refractivity contribution in [2.45, 2.75) is 0 Å². The van der Waals surface area contributed by atoms with Gasteiger partial charge in [0.1, 0.15) is 7.14 Å². The van der Waals surface area contributed by atoms with E-state index < -0.39 is 7.14 Å². The van der Waals surface area contributed by atoms with Crippen molar-refractivity contribution < 1.29 is 4.57 Å². The fourth-order valence-corrected chi connectivity index (χ4v) is 5.53. The van der Waals surface area contributed by atoms with Crippen molar-refractivity contribution in [2.75, 3.05) is 13.3 Å². The normalized spacial score (nSPS) is 12.0. The van der Waals surface area contributed by atoms with E-state index in [2.05, 4.69) is 80.4 Å². The molecule has 26 heavy (non-hydrogen) atoms. The topological polar surface area (TPSA) is 17.1 Å². The van der Waals surface area contributed by atoms with Crippen LogP contribution in [0.5, 0.6) is 0 Å². The fraction of sp³-hybridized carbons (Fsp3) is 0.0909. The van der Waals surface area contributed by atoms with E-state index in [1.807, 2.05) is 31.5 Å². The molecule has 0 N–H and O–H groups in total. The van der Waals surface area contributed by atoms with Crippen LogP contribution in [0.15, 0.2) is 75.7 Å². The van der Waals surface area contributed by atoms with Crippen molar-refractivity contribution in [3.63, 3.8) is 0 Å². The Morgan fingerprint density at radius 3 is 1.88 bits per heavy atom. The fourth-order valence-electron chi connectivity index (χ4n) is 3.27. The van der Waals surface area contributed by atoms with Gasteiger partial charge in [0.25, 0.3) is 0 Å². The summed E-state index contributed by atoms with van der Waals surface area (Å²) in [6.45, 7) is 3.62. The van der Waals surface area contributed by atoms with Crippen LogP contribution >= 0.6 is 39.0 Å². The van der Waals surface area contributed by atoms with E-state index in [4.69, 9.17) is 0 Å². The van der Waals surface area contributed by atoms with E-state index in [0.717, 1.165) is 30.8 Å². The molecule has 0 amide bonds. The van der Waals surface area contributed by atoms with E-state index in [1.54, 1.807) is 0 Å². The van der Waals surface area contributed by atoms with Crippen molar-refractivity contribution in [1.82, 2.24) is 0 Å². The standard InChI is InChI=1S/C22H17Br2OP/c1-26(2,25)16-7-5-6-14(12-16)15-10-11-19-20(13-15)22(24)18-9-4-3-8-17(18)21(19)23/h3-13H,1-2H3. The number of hydrogen-bond acceptors (Lipinski definition) is 1. The van der Waals surface area contributed by atoms with E-state index >= 15 is 0 Å². The first kappa shape index (κ1) is 18.0. The minimum absolute atomic E-state index is 0.911. The lowest BCUT2D eigenvalue weighted by atomic mass is 9.98. The van der Waals surface area contributed by atoms with Crippen LogP contribution in [-0.2, 0) is 4.57 Å². The Bertz CT molecular complexity index is 1210. The van der Waals surface area contributed by atoms with Gasteiger partial charge in [0.2, 0.25) is 0 Å². The zero-order valence-corrected chi connectivity index (χ0v) is 18.5. The molecule has 4 aromatic carbocycles. The maximum absolute atomic E-state index is 12.4. The third-order valence-corrected chi connectivity index (χ3v) is 7.92. The molecule has 0 saturated carbocycles. The molecule has 0 bridgehead atoms. The highest BCUT2D eigenvalue weighted by atomic mass is 79.9. The minimum Gasteiger partial charge on any atom is -0.319 e. The molecule has 0 aliphatic carbocycles. The van der Waals surface area contributed by atoms with Gasteiger partial charge in [-0.3, -0.25) is 0 Å². The van der Waals surface area contributed by atoms with Crippen LogP contribution in [0, 0.1) is 0 Å². The van der Waals surface area contributed by atoms with Crippen molar-refractivity contribution in [1.29, 1.82) is 0 Å². The highest BCUT2D eigenvalue weighted by Crippen LogP contribution is 2.41. The number of fused-ring (bicyclic) bond motifs is 2. The molecule has 0 fully saturated rings. The Balaban J connectivity index is 1.98. The van der Waals surface area contributed by atoms with Gasteiger partial charge >= 0.3 is 0 Å². The van der Waals surface area contributed by atoms with Crippen molar-refractivity contribution in [3.05, 3.63) is 75.7 Å². The Morgan fingerprint density at radius 1 is 0.654 bits per heavy atom. The predicted molar refractivity (Wildman–Crippen MR) is 121 cm³/mol. The van der Waals surface area contributed by atoms with E-state index in [-0.39, 0.29) is 0 Å². The van der Waals surface area contributed by atoms with Crippen molar-refractivity contribution >= 4 is 65.9 Å². The Morgan fingerprint density at radius 2 is 1.23 bits per heavy atom. The molecule has 0 radical (unpaired) electrons. The molecule has 0 spiro atoms. The van der Waals surface area contributed by atoms with E-state index in [0.29, 0.717) is 0 Å². The molecule has 4 heteroatoms. The van der Waals surface area contributed by atoms with Crippen molar-refractivity contribution in [2.24, 2.45) is 0 Å². The van der Waals surface area contributed by atoms with Gasteiger partial charge in [0.15, 0.2) is 0 Å². The molecule has 130 valence electrons. The summed E-state index contributed by atoms with van der Waals surface area (Å²) in [6.07, 6.45) is 0. The van der Waals surface area contributed by atoms with Crippen LogP contribution in [0.25, 0.3) is 32.7 Å². The van der Waals surface area contributed by atoms with Gasteiger partial charge in [-0.05, 0) is 90.0 Å². The zero-order valence-electron chi connectivity index (χ0n) is 14.5. The van der Waals surface area contributed by atoms with Gasteiger partial charge < -0.3 is 4.57 Å². The SMILES string of the molecule is CP(C)(=O)c1cccc(-c2ccc3c(Br)c4ccccc4c(Br)c3c2)c1. The molecule has 0 aliphatic heterocycles. The van der Waals surface area contributed by atoms with Crippen LogP contribution in [0.1, 0.15) is 0 Å². The largest absolute Gasteiger partial charge is 0.319 e. The Labute approximate surface area is 170 Å². The van der Waals surface area contributed by atoms with E-state index in [1.165, 1.54) is 16.2 Å². The molecule has 0 heterocycles. The molecular weight excluding hydrogens is 471 g/mol. The van der Waals surface area contributed by atoms with Crippen LogP contribution in [0.4, 0.5) is 0 Å². The summed E-state index contributed by atoms with van der Waals surface area (Å²) < 4.78 is 14.7. The highest BCUT2D eigenvalue weighted by molar-refractivity contribution is 9.11. The van der Waals surface area contributed by atoms with Gasteiger partial charge in [-0.25, -0.2) is 0 Å². The molecule has 0 atom stereocenters. The highest BCUT2D eigenvalue weighted by Gasteiger charge is 2.14. The first-order chi connectivity index (χ1) is 12.4. The lowest BCUT2D eigenvalue weighted by Gasteiger charge is -2.13. The number of halogens is 2. The van der Waals surface area contributed by atoms with Crippen molar-refractivity contribution in [3.8, 4) is 11.1 Å². The number of rotatable bonds is 2. The van der Waals surface area contributed by atoms with Crippen LogP contribution in [0.3, 0.4) is 0 Å². The second-order valence-electron chi connectivity index (χ2n) is 6.84. The third-order valence-electron chi connectivity index (χ3n) is 4.69. The second kappa shape index (κ2) is 6.64. The molecule has 0 aromatic heterocycles. The summed E-state index contributed by atoms with van der Waals surface area (Å²) in [4.78, 5) is 0. The van der Waals surface area contributed by atoms with E-state index in [9.17, 15) is 4.57 Å². The predicted octanol–water partition coefficient (Wildman–Crippen LogP) is 7.43. The maximum Gasteiger partial charge on any atom is 0.109 e. The molecule has 4 rings (SSSR count). The molecule has 0 unspecified atom stereocenters. The molecule has 0 aliphatic rings. The van der Waals surface area contributed by atoms with Crippen LogP contribution in [-0.4, -0.2) is 13.3 Å². The first-order valence-corrected chi connectivity index (χ1v) is 12.5. The average molecular weight is 488 g/mol. The summed E-state index contributed by atoms with van der Waals surface area (Å²) >= 11 is 7.58. The van der Waals surface area contributed by atoms with Gasteiger partial charge in [-0.2, -0.15) is 0 Å². The summed E-state index contributed by atoms with van der Waals surface area (Å²) in [5, 5.41) is 5.62.